The van der Waals surface area contributed by atoms with E-state index < -0.39 is 0 Å². The number of carbonyl (C=O) groups excluding carboxylic acids is 1. The number of amides is 1. The van der Waals surface area contributed by atoms with Crippen molar-refractivity contribution >= 4 is 5.91 Å². The van der Waals surface area contributed by atoms with Crippen LogP contribution in [-0.4, -0.2) is 49.2 Å². The van der Waals surface area contributed by atoms with Gasteiger partial charge < -0.3 is 19.1 Å². The van der Waals surface area contributed by atoms with Crippen molar-refractivity contribution in [1.29, 1.82) is 0 Å². The molecule has 1 aromatic carbocycles. The van der Waals surface area contributed by atoms with E-state index in [4.69, 9.17) is 14.2 Å². The molecular formula is C17H18N2O4. The number of methoxy groups -OCH3 is 2. The van der Waals surface area contributed by atoms with Crippen molar-refractivity contribution in [3.05, 3.63) is 48.2 Å². The van der Waals surface area contributed by atoms with E-state index in [-0.39, 0.29) is 12.0 Å². The van der Waals surface area contributed by atoms with Crippen LogP contribution in [-0.2, 0) is 0 Å². The molecule has 1 fully saturated rings. The number of nitrogens with zero attached hydrogens (tertiary/aromatic N) is 2. The van der Waals surface area contributed by atoms with Gasteiger partial charge in [0.15, 0.2) is 11.5 Å². The molecule has 0 aliphatic carbocycles. The summed E-state index contributed by atoms with van der Waals surface area (Å²) < 4.78 is 16.1. The van der Waals surface area contributed by atoms with Gasteiger partial charge >= 0.3 is 0 Å². The van der Waals surface area contributed by atoms with Gasteiger partial charge in [-0.05, 0) is 24.3 Å². The first kappa shape index (κ1) is 15.1. The number of benzene rings is 1. The number of ether oxygens (including phenoxy) is 3. The molecule has 1 aliphatic heterocycles. The molecule has 2 aromatic rings. The Morgan fingerprint density at radius 2 is 1.91 bits per heavy atom. The molecule has 1 aromatic heterocycles. The summed E-state index contributed by atoms with van der Waals surface area (Å²) >= 11 is 0. The number of aromatic nitrogens is 1. The van der Waals surface area contributed by atoms with E-state index in [1.807, 2.05) is 12.1 Å². The van der Waals surface area contributed by atoms with E-state index in [9.17, 15) is 4.79 Å². The standard InChI is InChI=1S/C17H18N2O4/c1-21-14-7-6-12(9-15(14)22-2)17(20)19-10-13(11-19)23-16-5-3-4-8-18-16/h3-9,13H,10-11H2,1-2H3. The lowest BCUT2D eigenvalue weighted by Crippen LogP contribution is -2.56. The predicted molar refractivity (Wildman–Crippen MR) is 84.1 cm³/mol. The zero-order valence-corrected chi connectivity index (χ0v) is 13.1. The third-order valence-electron chi connectivity index (χ3n) is 3.69. The van der Waals surface area contributed by atoms with Gasteiger partial charge in [0, 0.05) is 17.8 Å². The van der Waals surface area contributed by atoms with Crippen LogP contribution in [0.15, 0.2) is 42.6 Å². The van der Waals surface area contributed by atoms with Crippen LogP contribution in [0.2, 0.25) is 0 Å². The van der Waals surface area contributed by atoms with Gasteiger partial charge in [0.2, 0.25) is 5.88 Å². The third kappa shape index (κ3) is 3.21. The number of hydrogen-bond acceptors (Lipinski definition) is 5. The minimum Gasteiger partial charge on any atom is -0.493 e. The molecule has 0 radical (unpaired) electrons. The second kappa shape index (κ2) is 6.56. The molecule has 23 heavy (non-hydrogen) atoms. The monoisotopic (exact) mass is 314 g/mol. The van der Waals surface area contributed by atoms with E-state index in [0.29, 0.717) is 36.0 Å². The number of carbonyl (C=O) groups is 1. The van der Waals surface area contributed by atoms with Crippen LogP contribution in [0.1, 0.15) is 10.4 Å². The lowest BCUT2D eigenvalue weighted by molar-refractivity contribution is 0.0160. The summed E-state index contributed by atoms with van der Waals surface area (Å²) in [5, 5.41) is 0. The summed E-state index contributed by atoms with van der Waals surface area (Å²) in [6.45, 7) is 1.09. The zero-order chi connectivity index (χ0) is 16.2. The Bertz CT molecular complexity index is 684. The van der Waals surface area contributed by atoms with Gasteiger partial charge in [0.05, 0.1) is 27.3 Å². The fraction of sp³-hybridized carbons (Fsp3) is 0.294. The Kier molecular flexibility index (Phi) is 4.32. The van der Waals surface area contributed by atoms with E-state index in [2.05, 4.69) is 4.98 Å². The highest BCUT2D eigenvalue weighted by Gasteiger charge is 2.33. The number of hydrogen-bond donors (Lipinski definition) is 0. The van der Waals surface area contributed by atoms with E-state index in [0.717, 1.165) is 0 Å². The van der Waals surface area contributed by atoms with Crippen molar-refractivity contribution in [2.75, 3.05) is 27.3 Å². The van der Waals surface area contributed by atoms with E-state index in [1.54, 1.807) is 49.6 Å². The van der Waals surface area contributed by atoms with Gasteiger partial charge in [0.1, 0.15) is 6.10 Å². The second-order valence-electron chi connectivity index (χ2n) is 5.19. The first-order chi connectivity index (χ1) is 11.2. The van der Waals surface area contributed by atoms with Crippen molar-refractivity contribution in [3.8, 4) is 17.4 Å². The molecule has 2 heterocycles. The van der Waals surface area contributed by atoms with Crippen molar-refractivity contribution < 1.29 is 19.0 Å². The molecule has 120 valence electrons. The first-order valence-corrected chi connectivity index (χ1v) is 7.30. The fourth-order valence-electron chi connectivity index (χ4n) is 2.42. The van der Waals surface area contributed by atoms with E-state index in [1.165, 1.54) is 0 Å². The molecule has 0 unspecified atom stereocenters. The zero-order valence-electron chi connectivity index (χ0n) is 13.1. The minimum absolute atomic E-state index is 0.0195. The molecule has 0 N–H and O–H groups in total. The quantitative estimate of drug-likeness (QED) is 0.845. The predicted octanol–water partition coefficient (Wildman–Crippen LogP) is 2.00. The Morgan fingerprint density at radius 1 is 1.13 bits per heavy atom. The Hall–Kier alpha value is -2.76. The van der Waals surface area contributed by atoms with Crippen molar-refractivity contribution in [3.63, 3.8) is 0 Å². The Morgan fingerprint density at radius 3 is 2.57 bits per heavy atom. The van der Waals surface area contributed by atoms with Gasteiger partial charge in [-0.15, -0.1) is 0 Å². The lowest BCUT2D eigenvalue weighted by atomic mass is 10.1. The van der Waals surface area contributed by atoms with Crippen molar-refractivity contribution in [2.24, 2.45) is 0 Å². The van der Waals surface area contributed by atoms with Crippen molar-refractivity contribution in [1.82, 2.24) is 9.88 Å². The average molecular weight is 314 g/mol. The average Bonchev–Trinajstić information content (AvgIpc) is 2.57. The number of rotatable bonds is 5. The summed E-state index contributed by atoms with van der Waals surface area (Å²) in [6, 6.07) is 10.7. The van der Waals surface area contributed by atoms with Crippen LogP contribution in [0.3, 0.4) is 0 Å². The Labute approximate surface area is 134 Å². The van der Waals surface area contributed by atoms with Crippen LogP contribution in [0.5, 0.6) is 17.4 Å². The lowest BCUT2D eigenvalue weighted by Gasteiger charge is -2.38. The highest BCUT2D eigenvalue weighted by Crippen LogP contribution is 2.29. The molecule has 1 aliphatic rings. The second-order valence-corrected chi connectivity index (χ2v) is 5.19. The third-order valence-corrected chi connectivity index (χ3v) is 3.69. The summed E-state index contributed by atoms with van der Waals surface area (Å²) in [5.74, 6) is 1.67. The van der Waals surface area contributed by atoms with Gasteiger partial charge in [-0.3, -0.25) is 4.79 Å². The normalized spacial score (nSPS) is 14.1. The van der Waals surface area contributed by atoms with Crippen LogP contribution in [0.25, 0.3) is 0 Å². The van der Waals surface area contributed by atoms with E-state index >= 15 is 0 Å². The van der Waals surface area contributed by atoms with Gasteiger partial charge in [0.25, 0.3) is 5.91 Å². The van der Waals surface area contributed by atoms with Crippen LogP contribution in [0.4, 0.5) is 0 Å². The van der Waals surface area contributed by atoms with Gasteiger partial charge in [-0.25, -0.2) is 4.98 Å². The van der Waals surface area contributed by atoms with Crippen molar-refractivity contribution in [2.45, 2.75) is 6.10 Å². The highest BCUT2D eigenvalue weighted by molar-refractivity contribution is 5.95. The maximum atomic E-state index is 12.5. The van der Waals surface area contributed by atoms with Gasteiger partial charge in [-0.2, -0.15) is 0 Å². The molecule has 1 saturated heterocycles. The first-order valence-electron chi connectivity index (χ1n) is 7.30. The Balaban J connectivity index is 1.60. The number of pyridine rings is 1. The maximum Gasteiger partial charge on any atom is 0.254 e. The molecule has 1 amide bonds. The smallest absolute Gasteiger partial charge is 0.254 e. The summed E-state index contributed by atoms with van der Waals surface area (Å²) in [4.78, 5) is 18.3. The topological polar surface area (TPSA) is 60.9 Å². The number of likely N-dealkylation sites (tertiary alicyclic amines) is 1. The van der Waals surface area contributed by atoms with Gasteiger partial charge in [-0.1, -0.05) is 6.07 Å². The maximum absolute atomic E-state index is 12.5. The van der Waals surface area contributed by atoms with Crippen LogP contribution >= 0.6 is 0 Å². The molecule has 6 nitrogen and oxygen atoms in total. The molecule has 0 bridgehead atoms. The highest BCUT2D eigenvalue weighted by atomic mass is 16.5. The summed E-state index contributed by atoms with van der Waals surface area (Å²) in [6.07, 6.45) is 1.66. The summed E-state index contributed by atoms with van der Waals surface area (Å²) in [5.41, 5.74) is 0.568. The SMILES string of the molecule is COc1ccc(C(=O)N2CC(Oc3ccccn3)C2)cc1OC. The fourth-order valence-corrected chi connectivity index (χ4v) is 2.42. The molecule has 0 saturated carbocycles. The minimum atomic E-state index is -0.0492. The molecule has 0 spiro atoms. The molecule has 6 heteroatoms. The van der Waals surface area contributed by atoms with Crippen LogP contribution < -0.4 is 14.2 Å². The van der Waals surface area contributed by atoms with Crippen LogP contribution in [0, 0.1) is 0 Å². The largest absolute Gasteiger partial charge is 0.493 e. The molecular weight excluding hydrogens is 296 g/mol. The molecule has 0 atom stereocenters. The molecule has 3 rings (SSSR count). The summed E-state index contributed by atoms with van der Waals surface area (Å²) in [7, 11) is 3.11.